The van der Waals surface area contributed by atoms with E-state index in [0.717, 1.165) is 67.0 Å². The Kier molecular flexibility index (Phi) is 10.0. The molecule has 1 saturated heterocycles. The average molecular weight is 717 g/mol. The van der Waals surface area contributed by atoms with Gasteiger partial charge in [0, 0.05) is 62.1 Å². The van der Waals surface area contributed by atoms with Crippen molar-refractivity contribution in [2.75, 3.05) is 32.7 Å². The van der Waals surface area contributed by atoms with Gasteiger partial charge >= 0.3 is 6.09 Å². The summed E-state index contributed by atoms with van der Waals surface area (Å²) in [7, 11) is 1.76. The number of hydrogen-bond donors (Lipinski definition) is 0. The van der Waals surface area contributed by atoms with Gasteiger partial charge in [0.15, 0.2) is 0 Å². The molecular weight excluding hydrogens is 679 g/mol. The fourth-order valence-electron chi connectivity index (χ4n) is 5.29. The van der Waals surface area contributed by atoms with E-state index in [0.29, 0.717) is 24.4 Å². The average Bonchev–Trinajstić information content (AvgIpc) is 3.39. The highest BCUT2D eigenvalue weighted by Crippen LogP contribution is 2.37. The Hall–Kier alpha value is -3.00. The van der Waals surface area contributed by atoms with E-state index in [2.05, 4.69) is 17.0 Å². The van der Waals surface area contributed by atoms with Gasteiger partial charge < -0.3 is 18.9 Å². The molecule has 43 heavy (non-hydrogen) atoms. The Labute approximate surface area is 270 Å². The van der Waals surface area contributed by atoms with Gasteiger partial charge in [-0.25, -0.2) is 7.31 Å². The Bertz CT molecular complexity index is 1640. The number of carbonyl (C=O) groups excluding carboxylic acids is 1. The van der Waals surface area contributed by atoms with Gasteiger partial charge in [-0.05, 0) is 70.0 Å². The Morgan fingerprint density at radius 2 is 1.77 bits per heavy atom. The van der Waals surface area contributed by atoms with Crippen molar-refractivity contribution in [1.82, 2.24) is 18.3 Å². The fourth-order valence-corrected chi connectivity index (χ4v) is 6.24. The standard InChI is InChI=1S/C32H37IN4O5S/c1-32(2,3)41-31(39)36-19-17-35(18-20-36)15-8-10-23-9-7-11-24(21-23)40-28-13-6-5-12-25(28)27-22-34(4)30(38)29-26(27)14-16-37(29)43-42-33/h5-7,9,11-14,16,21-22H,8,10,15,17-20H2,1-4H3. The SMILES string of the molecule is Cn1cc(-c2ccccc2Oc2cccc(CCCN3CCN(C(=O)OC(C)(C)C)CC3)c2)c2ccn(SOI)c2c1=O. The first-order valence-electron chi connectivity index (χ1n) is 14.4. The summed E-state index contributed by atoms with van der Waals surface area (Å²) in [4.78, 5) is 29.5. The van der Waals surface area contributed by atoms with Crippen molar-refractivity contribution in [3.05, 3.63) is 82.9 Å². The second-order valence-electron chi connectivity index (χ2n) is 11.7. The summed E-state index contributed by atoms with van der Waals surface area (Å²) in [5.41, 5.74) is 3.00. The van der Waals surface area contributed by atoms with Crippen LogP contribution in [0.15, 0.2) is 71.8 Å². The summed E-state index contributed by atoms with van der Waals surface area (Å²) in [6, 6.07) is 18.1. The van der Waals surface area contributed by atoms with Gasteiger partial charge in [-0.2, -0.15) is 0 Å². The molecular formula is C32H37IN4O5S. The minimum atomic E-state index is -0.474. The number of halogens is 1. The molecule has 228 valence electrons. The zero-order valence-electron chi connectivity index (χ0n) is 24.9. The molecule has 2 aromatic carbocycles. The van der Waals surface area contributed by atoms with Crippen LogP contribution < -0.4 is 10.3 Å². The van der Waals surface area contributed by atoms with Crippen molar-refractivity contribution in [3.63, 3.8) is 0 Å². The molecule has 0 bridgehead atoms. The molecule has 5 rings (SSSR count). The molecule has 0 aliphatic carbocycles. The van der Waals surface area contributed by atoms with Crippen LogP contribution in [0.5, 0.6) is 11.5 Å². The number of rotatable bonds is 9. The molecule has 1 fully saturated rings. The number of carbonyl (C=O) groups is 1. The molecule has 1 aliphatic rings. The van der Waals surface area contributed by atoms with Crippen LogP contribution in [-0.2, 0) is 20.7 Å². The third-order valence-electron chi connectivity index (χ3n) is 7.36. The highest BCUT2D eigenvalue weighted by molar-refractivity contribution is 14.1. The summed E-state index contributed by atoms with van der Waals surface area (Å²) < 4.78 is 20.5. The van der Waals surface area contributed by atoms with Gasteiger partial charge in [-0.1, -0.05) is 30.3 Å². The number of pyridine rings is 1. The highest BCUT2D eigenvalue weighted by Gasteiger charge is 2.25. The van der Waals surface area contributed by atoms with Gasteiger partial charge in [0.25, 0.3) is 5.56 Å². The summed E-state index contributed by atoms with van der Waals surface area (Å²) in [5, 5.41) is 0.834. The zero-order chi connectivity index (χ0) is 30.6. The first-order valence-corrected chi connectivity index (χ1v) is 15.9. The number of hydrogen-bond acceptors (Lipinski definition) is 7. The molecule has 3 heterocycles. The molecule has 2 aromatic heterocycles. The highest BCUT2D eigenvalue weighted by atomic mass is 127. The predicted molar refractivity (Wildman–Crippen MR) is 180 cm³/mol. The number of benzene rings is 2. The number of fused-ring (bicyclic) bond motifs is 1. The fraction of sp³-hybridized carbons (Fsp3) is 0.375. The van der Waals surface area contributed by atoms with Crippen LogP contribution in [-0.4, -0.2) is 62.8 Å². The third-order valence-corrected chi connectivity index (χ3v) is 8.37. The van der Waals surface area contributed by atoms with Crippen LogP contribution in [0, 0.1) is 0 Å². The third kappa shape index (κ3) is 7.75. The lowest BCUT2D eigenvalue weighted by Gasteiger charge is -2.35. The van der Waals surface area contributed by atoms with E-state index in [1.165, 1.54) is 5.56 Å². The number of amides is 1. The van der Waals surface area contributed by atoms with Crippen LogP contribution in [0.4, 0.5) is 4.79 Å². The van der Waals surface area contributed by atoms with E-state index < -0.39 is 5.60 Å². The van der Waals surface area contributed by atoms with E-state index >= 15 is 0 Å². The van der Waals surface area contributed by atoms with Gasteiger partial charge in [0.1, 0.15) is 57.9 Å². The first kappa shape index (κ1) is 31.4. The molecule has 0 N–H and O–H groups in total. The lowest BCUT2D eigenvalue weighted by Crippen LogP contribution is -2.50. The summed E-state index contributed by atoms with van der Waals surface area (Å²) in [6.45, 7) is 9.74. The van der Waals surface area contributed by atoms with E-state index in [9.17, 15) is 9.59 Å². The number of ether oxygens (including phenoxy) is 2. The molecule has 9 nitrogen and oxygen atoms in total. The van der Waals surface area contributed by atoms with Gasteiger partial charge in [-0.3, -0.25) is 13.7 Å². The molecule has 0 spiro atoms. The predicted octanol–water partition coefficient (Wildman–Crippen LogP) is 7.06. The number of nitrogens with zero attached hydrogens (tertiary/aromatic N) is 4. The summed E-state index contributed by atoms with van der Waals surface area (Å²) in [6.07, 6.45) is 5.41. The molecule has 0 radical (unpaired) electrons. The van der Waals surface area contributed by atoms with Crippen LogP contribution in [0.3, 0.4) is 0 Å². The number of piperazine rings is 1. The maximum absolute atomic E-state index is 13.0. The first-order chi connectivity index (χ1) is 20.6. The van der Waals surface area contributed by atoms with Crippen LogP contribution >= 0.6 is 35.2 Å². The Balaban J connectivity index is 1.24. The van der Waals surface area contributed by atoms with Crippen molar-refractivity contribution >= 4 is 52.2 Å². The molecule has 11 heteroatoms. The van der Waals surface area contributed by atoms with Gasteiger partial charge in [-0.15, -0.1) is 0 Å². The monoisotopic (exact) mass is 716 g/mol. The summed E-state index contributed by atoms with van der Waals surface area (Å²) in [5.74, 6) is 1.48. The molecule has 0 unspecified atom stereocenters. The lowest BCUT2D eigenvalue weighted by molar-refractivity contribution is 0.0144. The number of aromatic nitrogens is 2. The van der Waals surface area contributed by atoms with Crippen LogP contribution in [0.1, 0.15) is 32.8 Å². The zero-order valence-corrected chi connectivity index (χ0v) is 27.9. The molecule has 1 aliphatic heterocycles. The second-order valence-corrected chi connectivity index (χ2v) is 13.4. The van der Waals surface area contributed by atoms with E-state index in [1.54, 1.807) is 43.5 Å². The van der Waals surface area contributed by atoms with Crippen LogP contribution in [0.25, 0.3) is 22.0 Å². The normalized spacial score (nSPS) is 14.3. The van der Waals surface area contributed by atoms with Crippen molar-refractivity contribution in [2.45, 2.75) is 39.2 Å². The van der Waals surface area contributed by atoms with Crippen molar-refractivity contribution in [2.24, 2.45) is 7.05 Å². The van der Waals surface area contributed by atoms with Crippen molar-refractivity contribution < 1.29 is 16.8 Å². The minimum absolute atomic E-state index is 0.0966. The minimum Gasteiger partial charge on any atom is -0.457 e. The maximum atomic E-state index is 13.0. The molecule has 0 saturated carbocycles. The smallest absolute Gasteiger partial charge is 0.410 e. The van der Waals surface area contributed by atoms with E-state index in [1.807, 2.05) is 75.6 Å². The Morgan fingerprint density at radius 1 is 1.00 bits per heavy atom. The van der Waals surface area contributed by atoms with Gasteiger partial charge in [0.05, 0.1) is 0 Å². The maximum Gasteiger partial charge on any atom is 0.410 e. The van der Waals surface area contributed by atoms with Crippen molar-refractivity contribution in [1.29, 1.82) is 0 Å². The largest absolute Gasteiger partial charge is 0.457 e. The molecule has 4 aromatic rings. The topological polar surface area (TPSA) is 78.2 Å². The lowest BCUT2D eigenvalue weighted by atomic mass is 10.0. The quantitative estimate of drug-likeness (QED) is 0.136. The number of aryl methyl sites for hydroxylation is 2. The molecule has 0 atom stereocenters. The Morgan fingerprint density at radius 3 is 2.51 bits per heavy atom. The van der Waals surface area contributed by atoms with E-state index in [4.69, 9.17) is 12.0 Å². The molecule has 1 amide bonds. The van der Waals surface area contributed by atoms with Crippen molar-refractivity contribution in [3.8, 4) is 22.6 Å². The van der Waals surface area contributed by atoms with E-state index in [-0.39, 0.29) is 11.7 Å². The van der Waals surface area contributed by atoms with Crippen LogP contribution in [0.2, 0.25) is 0 Å². The number of para-hydroxylation sites is 1. The van der Waals surface area contributed by atoms with Gasteiger partial charge in [0.2, 0.25) is 0 Å². The second kappa shape index (κ2) is 13.7. The summed E-state index contributed by atoms with van der Waals surface area (Å²) >= 11 is 2.90.